The van der Waals surface area contributed by atoms with Gasteiger partial charge in [-0.3, -0.25) is 0 Å². The van der Waals surface area contributed by atoms with E-state index in [1.807, 2.05) is 0 Å². The maximum Gasteiger partial charge on any atom is 0.0928 e. The molecule has 0 aromatic heterocycles. The fourth-order valence-electron chi connectivity index (χ4n) is 1.40. The molecule has 0 aliphatic carbocycles. The average molecular weight is 271 g/mol. The second kappa shape index (κ2) is 5.13. The van der Waals surface area contributed by atoms with Crippen molar-refractivity contribution in [2.24, 2.45) is 0 Å². The molecule has 1 unspecified atom stereocenters. The first-order valence-electron chi connectivity index (χ1n) is 5.23. The molecule has 1 nitrogen and oxygen atoms in total. The fraction of sp³-hybridized carbons (Fsp3) is 0.538. The number of alkyl halides is 1. The summed E-state index contributed by atoms with van der Waals surface area (Å²) >= 11 is 3.50. The maximum atomic E-state index is 5.97. The Balaban J connectivity index is 2.79. The standard InChI is InChI=1S/C13H19BrO/c1-10-5-7-11(8-6-10)12(9-14)15-13(2,3)4/h5-8,12H,9H2,1-4H3. The van der Waals surface area contributed by atoms with Crippen molar-refractivity contribution in [1.82, 2.24) is 0 Å². The third kappa shape index (κ3) is 4.35. The van der Waals surface area contributed by atoms with Crippen LogP contribution in [0.25, 0.3) is 0 Å². The van der Waals surface area contributed by atoms with Crippen LogP contribution in [0.4, 0.5) is 0 Å². The number of aryl methyl sites for hydroxylation is 1. The lowest BCUT2D eigenvalue weighted by Crippen LogP contribution is -2.23. The Labute approximate surface area is 101 Å². The van der Waals surface area contributed by atoms with E-state index >= 15 is 0 Å². The molecule has 0 aliphatic heterocycles. The number of halogens is 1. The van der Waals surface area contributed by atoms with Crippen LogP contribution in [0.1, 0.15) is 38.0 Å². The molecular weight excluding hydrogens is 252 g/mol. The minimum absolute atomic E-state index is 0.108. The summed E-state index contributed by atoms with van der Waals surface area (Å²) in [7, 11) is 0. The van der Waals surface area contributed by atoms with Gasteiger partial charge in [0.05, 0.1) is 11.7 Å². The molecule has 0 heterocycles. The molecule has 0 saturated heterocycles. The molecule has 2 heteroatoms. The molecule has 0 fully saturated rings. The van der Waals surface area contributed by atoms with Gasteiger partial charge in [-0.1, -0.05) is 45.8 Å². The SMILES string of the molecule is Cc1ccc(C(CBr)OC(C)(C)C)cc1. The van der Waals surface area contributed by atoms with Gasteiger partial charge in [0.25, 0.3) is 0 Å². The highest BCUT2D eigenvalue weighted by Gasteiger charge is 2.19. The normalized spacial score (nSPS) is 13.9. The van der Waals surface area contributed by atoms with E-state index in [0.29, 0.717) is 0 Å². The summed E-state index contributed by atoms with van der Waals surface area (Å²) in [5, 5.41) is 0.827. The quantitative estimate of drug-likeness (QED) is 0.747. The maximum absolute atomic E-state index is 5.97. The highest BCUT2D eigenvalue weighted by Crippen LogP contribution is 2.25. The predicted molar refractivity (Wildman–Crippen MR) is 68.6 cm³/mol. The summed E-state index contributed by atoms with van der Waals surface area (Å²) in [4.78, 5) is 0. The molecule has 0 saturated carbocycles. The molecule has 0 amide bonds. The van der Waals surface area contributed by atoms with E-state index in [0.717, 1.165) is 5.33 Å². The number of benzene rings is 1. The Kier molecular flexibility index (Phi) is 4.35. The lowest BCUT2D eigenvalue weighted by molar-refractivity contribution is -0.0501. The largest absolute Gasteiger partial charge is 0.367 e. The van der Waals surface area contributed by atoms with Gasteiger partial charge in [-0.25, -0.2) is 0 Å². The predicted octanol–water partition coefficient (Wildman–Crippen LogP) is 4.25. The molecule has 1 aromatic rings. The summed E-state index contributed by atoms with van der Waals surface area (Å²) < 4.78 is 5.97. The summed E-state index contributed by atoms with van der Waals surface area (Å²) in [5.41, 5.74) is 2.40. The Morgan fingerprint density at radius 3 is 2.13 bits per heavy atom. The first-order chi connectivity index (χ1) is 6.92. The molecule has 0 aliphatic rings. The third-order valence-corrected chi connectivity index (χ3v) is 2.67. The van der Waals surface area contributed by atoms with Crippen molar-refractivity contribution in [3.8, 4) is 0 Å². The van der Waals surface area contributed by atoms with Crippen LogP contribution >= 0.6 is 15.9 Å². The molecule has 1 aromatic carbocycles. The van der Waals surface area contributed by atoms with E-state index < -0.39 is 0 Å². The summed E-state index contributed by atoms with van der Waals surface area (Å²) in [6.45, 7) is 8.34. The van der Waals surface area contributed by atoms with Gasteiger partial charge in [0.15, 0.2) is 0 Å². The number of hydrogen-bond donors (Lipinski definition) is 0. The number of ether oxygens (including phenoxy) is 1. The van der Waals surface area contributed by atoms with E-state index in [1.54, 1.807) is 0 Å². The van der Waals surface area contributed by atoms with Crippen LogP contribution in [0.2, 0.25) is 0 Å². The van der Waals surface area contributed by atoms with Gasteiger partial charge in [0.1, 0.15) is 0 Å². The lowest BCUT2D eigenvalue weighted by Gasteiger charge is -2.26. The second-order valence-corrected chi connectivity index (χ2v) is 5.43. The van der Waals surface area contributed by atoms with Gasteiger partial charge >= 0.3 is 0 Å². The van der Waals surface area contributed by atoms with Crippen molar-refractivity contribution in [3.63, 3.8) is 0 Å². The molecule has 1 rings (SSSR count). The van der Waals surface area contributed by atoms with E-state index in [-0.39, 0.29) is 11.7 Å². The van der Waals surface area contributed by atoms with Crippen LogP contribution in [0.3, 0.4) is 0 Å². The zero-order valence-electron chi connectivity index (χ0n) is 9.88. The van der Waals surface area contributed by atoms with E-state index in [1.165, 1.54) is 11.1 Å². The zero-order valence-corrected chi connectivity index (χ0v) is 11.5. The first-order valence-corrected chi connectivity index (χ1v) is 6.35. The van der Waals surface area contributed by atoms with Crippen LogP contribution in [0.5, 0.6) is 0 Å². The van der Waals surface area contributed by atoms with Crippen molar-refractivity contribution in [1.29, 1.82) is 0 Å². The van der Waals surface area contributed by atoms with E-state index in [2.05, 4.69) is 67.9 Å². The van der Waals surface area contributed by atoms with Crippen LogP contribution in [0.15, 0.2) is 24.3 Å². The van der Waals surface area contributed by atoms with Gasteiger partial charge in [-0.2, -0.15) is 0 Å². The molecule has 0 spiro atoms. The lowest BCUT2D eigenvalue weighted by atomic mass is 10.1. The molecule has 1 atom stereocenters. The van der Waals surface area contributed by atoms with Crippen molar-refractivity contribution in [2.45, 2.75) is 39.4 Å². The van der Waals surface area contributed by atoms with Gasteiger partial charge in [-0.15, -0.1) is 0 Å². The number of hydrogen-bond acceptors (Lipinski definition) is 1. The molecule has 15 heavy (non-hydrogen) atoms. The number of rotatable bonds is 3. The van der Waals surface area contributed by atoms with Crippen LogP contribution in [-0.4, -0.2) is 10.9 Å². The molecule has 0 bridgehead atoms. The van der Waals surface area contributed by atoms with Crippen LogP contribution in [0, 0.1) is 6.92 Å². The monoisotopic (exact) mass is 270 g/mol. The Morgan fingerprint density at radius 1 is 1.20 bits per heavy atom. The minimum atomic E-state index is -0.108. The molecule has 0 N–H and O–H groups in total. The minimum Gasteiger partial charge on any atom is -0.367 e. The highest BCUT2D eigenvalue weighted by atomic mass is 79.9. The Morgan fingerprint density at radius 2 is 1.73 bits per heavy atom. The third-order valence-electron chi connectivity index (χ3n) is 2.09. The highest BCUT2D eigenvalue weighted by molar-refractivity contribution is 9.09. The van der Waals surface area contributed by atoms with Crippen molar-refractivity contribution in [2.75, 3.05) is 5.33 Å². The van der Waals surface area contributed by atoms with E-state index in [9.17, 15) is 0 Å². The zero-order chi connectivity index (χ0) is 11.5. The average Bonchev–Trinajstić information content (AvgIpc) is 2.14. The molecular formula is C13H19BrO. The second-order valence-electron chi connectivity index (χ2n) is 4.78. The topological polar surface area (TPSA) is 9.23 Å². The molecule has 84 valence electrons. The fourth-order valence-corrected chi connectivity index (χ4v) is 1.90. The molecule has 0 radical (unpaired) electrons. The van der Waals surface area contributed by atoms with Crippen LogP contribution < -0.4 is 0 Å². The first kappa shape index (κ1) is 12.7. The Hall–Kier alpha value is -0.340. The van der Waals surface area contributed by atoms with Crippen LogP contribution in [-0.2, 0) is 4.74 Å². The van der Waals surface area contributed by atoms with E-state index in [4.69, 9.17) is 4.74 Å². The van der Waals surface area contributed by atoms with Crippen molar-refractivity contribution >= 4 is 15.9 Å². The van der Waals surface area contributed by atoms with Gasteiger partial charge in [0, 0.05) is 5.33 Å². The summed E-state index contributed by atoms with van der Waals surface area (Å²) in [5.74, 6) is 0. The Bertz CT molecular complexity index is 297. The summed E-state index contributed by atoms with van der Waals surface area (Å²) in [6.07, 6.45) is 0.130. The summed E-state index contributed by atoms with van der Waals surface area (Å²) in [6, 6.07) is 8.51. The smallest absolute Gasteiger partial charge is 0.0928 e. The van der Waals surface area contributed by atoms with Gasteiger partial charge < -0.3 is 4.74 Å². The van der Waals surface area contributed by atoms with Crippen molar-refractivity contribution < 1.29 is 4.74 Å². The van der Waals surface area contributed by atoms with Gasteiger partial charge in [0.2, 0.25) is 0 Å². The van der Waals surface area contributed by atoms with Crippen molar-refractivity contribution in [3.05, 3.63) is 35.4 Å². The van der Waals surface area contributed by atoms with Gasteiger partial charge in [-0.05, 0) is 33.3 Å².